The molecule has 1 aromatic heterocycles. The molecule has 0 spiro atoms. The topological polar surface area (TPSA) is 3.24 Å². The van der Waals surface area contributed by atoms with Gasteiger partial charge in [-0.25, -0.2) is 0 Å². The van der Waals surface area contributed by atoms with Crippen molar-refractivity contribution in [3.05, 3.63) is 29.6 Å². The molecule has 0 aliphatic rings. The molecule has 2 heteroatoms. The first-order chi connectivity index (χ1) is 6.85. The summed E-state index contributed by atoms with van der Waals surface area (Å²) in [4.78, 5) is 2.36. The SMILES string of the molecule is CCN(CC)c1ccc2[c]csc2c1. The fourth-order valence-electron chi connectivity index (χ4n) is 1.67. The molecule has 1 radical (unpaired) electrons. The van der Waals surface area contributed by atoms with Gasteiger partial charge in [0.25, 0.3) is 0 Å². The monoisotopic (exact) mass is 204 g/mol. The van der Waals surface area contributed by atoms with Crippen LogP contribution in [-0.2, 0) is 0 Å². The smallest absolute Gasteiger partial charge is 0.0380 e. The van der Waals surface area contributed by atoms with E-state index in [4.69, 9.17) is 0 Å². The van der Waals surface area contributed by atoms with Crippen molar-refractivity contribution in [1.29, 1.82) is 0 Å². The van der Waals surface area contributed by atoms with E-state index in [9.17, 15) is 0 Å². The Morgan fingerprint density at radius 2 is 2.07 bits per heavy atom. The number of hydrogen-bond acceptors (Lipinski definition) is 2. The summed E-state index contributed by atoms with van der Waals surface area (Å²) in [5.74, 6) is 0. The molecule has 0 unspecified atom stereocenters. The molecule has 2 rings (SSSR count). The minimum Gasteiger partial charge on any atom is -0.372 e. The van der Waals surface area contributed by atoms with Crippen molar-refractivity contribution in [2.24, 2.45) is 0 Å². The van der Waals surface area contributed by atoms with Crippen LogP contribution in [-0.4, -0.2) is 13.1 Å². The highest BCUT2D eigenvalue weighted by molar-refractivity contribution is 7.17. The van der Waals surface area contributed by atoms with Crippen LogP contribution in [0.3, 0.4) is 0 Å². The summed E-state index contributed by atoms with van der Waals surface area (Å²) >= 11 is 1.76. The summed E-state index contributed by atoms with van der Waals surface area (Å²) in [6, 6.07) is 9.81. The molecule has 73 valence electrons. The van der Waals surface area contributed by atoms with Crippen LogP contribution < -0.4 is 4.90 Å². The maximum atomic E-state index is 3.22. The lowest BCUT2D eigenvalue weighted by atomic mass is 10.2. The number of fused-ring (bicyclic) bond motifs is 1. The second-order valence-electron chi connectivity index (χ2n) is 3.23. The van der Waals surface area contributed by atoms with Crippen molar-refractivity contribution in [3.63, 3.8) is 0 Å². The third kappa shape index (κ3) is 1.62. The normalized spacial score (nSPS) is 10.7. The van der Waals surface area contributed by atoms with E-state index >= 15 is 0 Å². The van der Waals surface area contributed by atoms with Crippen LogP contribution in [0, 0.1) is 6.07 Å². The fourth-order valence-corrected chi connectivity index (χ4v) is 2.43. The van der Waals surface area contributed by atoms with E-state index < -0.39 is 0 Å². The lowest BCUT2D eigenvalue weighted by Crippen LogP contribution is -2.21. The second kappa shape index (κ2) is 4.01. The molecule has 1 nitrogen and oxygen atoms in total. The zero-order valence-corrected chi connectivity index (χ0v) is 9.40. The van der Waals surface area contributed by atoms with Gasteiger partial charge in [-0.3, -0.25) is 0 Å². The first-order valence-electron chi connectivity index (χ1n) is 4.99. The maximum absolute atomic E-state index is 3.22. The summed E-state index contributed by atoms with van der Waals surface area (Å²) in [6.07, 6.45) is 0. The molecule has 0 saturated carbocycles. The van der Waals surface area contributed by atoms with E-state index in [-0.39, 0.29) is 0 Å². The quantitative estimate of drug-likeness (QED) is 0.739. The third-order valence-corrected chi connectivity index (χ3v) is 3.32. The van der Waals surface area contributed by atoms with Crippen molar-refractivity contribution >= 4 is 27.1 Å². The largest absolute Gasteiger partial charge is 0.372 e. The average molecular weight is 204 g/mol. The van der Waals surface area contributed by atoms with Gasteiger partial charge in [-0.2, -0.15) is 0 Å². The Morgan fingerprint density at radius 1 is 1.29 bits per heavy atom. The second-order valence-corrected chi connectivity index (χ2v) is 4.14. The Labute approximate surface area is 89.0 Å². The van der Waals surface area contributed by atoms with Gasteiger partial charge in [-0.05, 0) is 31.4 Å². The van der Waals surface area contributed by atoms with Crippen LogP contribution in [0.5, 0.6) is 0 Å². The van der Waals surface area contributed by atoms with Gasteiger partial charge in [-0.1, -0.05) is 6.07 Å². The molecule has 0 saturated heterocycles. The third-order valence-electron chi connectivity index (χ3n) is 2.49. The minimum atomic E-state index is 1.07. The van der Waals surface area contributed by atoms with Gasteiger partial charge in [0, 0.05) is 34.9 Å². The minimum absolute atomic E-state index is 1.07. The molecule has 1 aromatic carbocycles. The molecule has 0 N–H and O–H groups in total. The van der Waals surface area contributed by atoms with Crippen molar-refractivity contribution in [2.45, 2.75) is 13.8 Å². The first kappa shape index (κ1) is 9.53. The lowest BCUT2D eigenvalue weighted by Gasteiger charge is -2.20. The molecule has 1 heterocycles. The van der Waals surface area contributed by atoms with Crippen LogP contribution in [0.1, 0.15) is 13.8 Å². The van der Waals surface area contributed by atoms with Crippen LogP contribution in [0.25, 0.3) is 10.1 Å². The van der Waals surface area contributed by atoms with Crippen molar-refractivity contribution in [3.8, 4) is 0 Å². The summed E-state index contributed by atoms with van der Waals surface area (Å²) in [5.41, 5.74) is 1.32. The summed E-state index contributed by atoms with van der Waals surface area (Å²) in [5, 5.41) is 3.25. The molecular formula is C12H14NS. The van der Waals surface area contributed by atoms with Crippen molar-refractivity contribution < 1.29 is 0 Å². The predicted octanol–water partition coefficient (Wildman–Crippen LogP) is 3.55. The van der Waals surface area contributed by atoms with E-state index in [1.54, 1.807) is 11.3 Å². The van der Waals surface area contributed by atoms with Gasteiger partial charge in [0.05, 0.1) is 0 Å². The number of benzene rings is 1. The van der Waals surface area contributed by atoms with E-state index in [0.29, 0.717) is 0 Å². The highest BCUT2D eigenvalue weighted by atomic mass is 32.1. The Morgan fingerprint density at radius 3 is 2.79 bits per heavy atom. The number of nitrogens with zero attached hydrogens (tertiary/aromatic N) is 1. The van der Waals surface area contributed by atoms with E-state index in [1.165, 1.54) is 15.8 Å². The summed E-state index contributed by atoms with van der Waals surface area (Å²) < 4.78 is 1.33. The highest BCUT2D eigenvalue weighted by Gasteiger charge is 2.02. The predicted molar refractivity (Wildman–Crippen MR) is 64.2 cm³/mol. The Bertz CT molecular complexity index is 415. The van der Waals surface area contributed by atoms with E-state index in [1.807, 2.05) is 5.38 Å². The fraction of sp³-hybridized carbons (Fsp3) is 0.333. The standard InChI is InChI=1S/C12H14NS/c1-3-13(4-2)11-6-5-10-7-8-14-12(10)9-11/h5-6,8-9H,3-4H2,1-2H3. The Kier molecular flexibility index (Phi) is 2.73. The zero-order chi connectivity index (χ0) is 9.97. The molecule has 14 heavy (non-hydrogen) atoms. The zero-order valence-electron chi connectivity index (χ0n) is 8.58. The van der Waals surface area contributed by atoms with Gasteiger partial charge < -0.3 is 4.90 Å². The molecule has 0 atom stereocenters. The van der Waals surface area contributed by atoms with E-state index in [2.05, 4.69) is 43.0 Å². The first-order valence-corrected chi connectivity index (χ1v) is 5.87. The van der Waals surface area contributed by atoms with Gasteiger partial charge >= 0.3 is 0 Å². The van der Waals surface area contributed by atoms with Crippen LogP contribution in [0.2, 0.25) is 0 Å². The van der Waals surface area contributed by atoms with Crippen molar-refractivity contribution in [2.75, 3.05) is 18.0 Å². The average Bonchev–Trinajstić information content (AvgIpc) is 2.66. The Hall–Kier alpha value is -1.02. The lowest BCUT2D eigenvalue weighted by molar-refractivity contribution is 0.867. The highest BCUT2D eigenvalue weighted by Crippen LogP contribution is 2.25. The number of hydrogen-bond donors (Lipinski definition) is 0. The number of anilines is 1. The van der Waals surface area contributed by atoms with Gasteiger partial charge in [-0.15, -0.1) is 11.3 Å². The summed E-state index contributed by atoms with van der Waals surface area (Å²) in [7, 11) is 0. The molecule has 2 aromatic rings. The Balaban J connectivity index is 2.42. The van der Waals surface area contributed by atoms with Crippen LogP contribution in [0.4, 0.5) is 5.69 Å². The molecular weight excluding hydrogens is 190 g/mol. The number of thiophene rings is 1. The number of rotatable bonds is 3. The van der Waals surface area contributed by atoms with Crippen LogP contribution in [0.15, 0.2) is 23.6 Å². The van der Waals surface area contributed by atoms with Crippen molar-refractivity contribution in [1.82, 2.24) is 0 Å². The maximum Gasteiger partial charge on any atom is 0.0380 e. The molecule has 0 fully saturated rings. The van der Waals surface area contributed by atoms with E-state index in [0.717, 1.165) is 13.1 Å². The summed E-state index contributed by atoms with van der Waals surface area (Å²) in [6.45, 7) is 6.51. The van der Waals surface area contributed by atoms with Crippen LogP contribution >= 0.6 is 11.3 Å². The molecule has 0 bridgehead atoms. The molecule has 0 aliphatic heterocycles. The molecule has 0 amide bonds. The van der Waals surface area contributed by atoms with Gasteiger partial charge in [0.1, 0.15) is 0 Å². The van der Waals surface area contributed by atoms with Gasteiger partial charge in [0.2, 0.25) is 0 Å². The molecule has 0 aliphatic carbocycles. The van der Waals surface area contributed by atoms with Gasteiger partial charge in [0.15, 0.2) is 0 Å².